The second-order valence-corrected chi connectivity index (χ2v) is 3.66. The molecule has 0 aromatic rings. The molecule has 2 amide bonds. The van der Waals surface area contributed by atoms with Gasteiger partial charge in [0.15, 0.2) is 0 Å². The Bertz CT molecular complexity index is 258. The summed E-state index contributed by atoms with van der Waals surface area (Å²) in [7, 11) is 0. The van der Waals surface area contributed by atoms with Gasteiger partial charge >= 0.3 is 6.09 Å². The summed E-state index contributed by atoms with van der Waals surface area (Å²) in [6.45, 7) is 1.42. The van der Waals surface area contributed by atoms with E-state index in [0.717, 1.165) is 17.9 Å². The summed E-state index contributed by atoms with van der Waals surface area (Å²) in [5.41, 5.74) is -0.428. The largest absolute Gasteiger partial charge is 0.465 e. The maximum absolute atomic E-state index is 11.3. The van der Waals surface area contributed by atoms with Crippen LogP contribution < -0.4 is 5.32 Å². The molecule has 0 aromatic carbocycles. The number of hydrogen-bond donors (Lipinski definition) is 2. The van der Waals surface area contributed by atoms with E-state index >= 15 is 0 Å². The lowest BCUT2D eigenvalue weighted by Crippen LogP contribution is -2.50. The van der Waals surface area contributed by atoms with Gasteiger partial charge in [0, 0.05) is 13.0 Å². The smallest absolute Gasteiger partial charge is 0.414 e. The predicted octanol–water partition coefficient (Wildman–Crippen LogP) is 0.0189. The van der Waals surface area contributed by atoms with Gasteiger partial charge in [-0.05, 0) is 19.4 Å². The van der Waals surface area contributed by atoms with Gasteiger partial charge in [-0.15, -0.1) is 0 Å². The molecule has 2 aliphatic heterocycles. The molecule has 2 fully saturated rings. The van der Waals surface area contributed by atoms with Crippen LogP contribution in [-0.2, 0) is 4.79 Å². The van der Waals surface area contributed by atoms with Crippen molar-refractivity contribution in [3.63, 3.8) is 0 Å². The van der Waals surface area contributed by atoms with Gasteiger partial charge in [-0.3, -0.25) is 4.79 Å². The van der Waals surface area contributed by atoms with Crippen molar-refractivity contribution in [1.29, 1.82) is 0 Å². The number of nitrogens with zero attached hydrogens (tertiary/aromatic N) is 1. The third-order valence-electron chi connectivity index (χ3n) is 2.94. The van der Waals surface area contributed by atoms with Crippen LogP contribution in [0.5, 0.6) is 0 Å². The Balaban J connectivity index is 2.28. The summed E-state index contributed by atoms with van der Waals surface area (Å²) >= 11 is 0. The van der Waals surface area contributed by atoms with Crippen molar-refractivity contribution in [2.45, 2.75) is 24.8 Å². The molecular formula is C8H12N2O3. The van der Waals surface area contributed by atoms with Crippen LogP contribution >= 0.6 is 0 Å². The first-order valence-corrected chi connectivity index (χ1v) is 4.42. The van der Waals surface area contributed by atoms with E-state index < -0.39 is 11.6 Å². The normalized spacial score (nSPS) is 33.2. The Morgan fingerprint density at radius 1 is 1.54 bits per heavy atom. The average molecular weight is 184 g/mol. The van der Waals surface area contributed by atoms with Crippen molar-refractivity contribution in [3.8, 4) is 0 Å². The van der Waals surface area contributed by atoms with E-state index in [-0.39, 0.29) is 5.91 Å². The predicted molar refractivity (Wildman–Crippen MR) is 44.3 cm³/mol. The zero-order valence-electron chi connectivity index (χ0n) is 7.25. The number of imide groups is 1. The van der Waals surface area contributed by atoms with E-state index in [9.17, 15) is 9.59 Å². The second-order valence-electron chi connectivity index (χ2n) is 3.66. The molecular weight excluding hydrogens is 172 g/mol. The molecule has 5 heteroatoms. The number of carbonyl (C=O) groups excluding carboxylic acids is 1. The van der Waals surface area contributed by atoms with Gasteiger partial charge in [-0.1, -0.05) is 0 Å². The second kappa shape index (κ2) is 2.70. The van der Waals surface area contributed by atoms with Crippen LogP contribution in [0, 0.1) is 0 Å². The van der Waals surface area contributed by atoms with Crippen molar-refractivity contribution >= 4 is 12.0 Å². The minimum absolute atomic E-state index is 0.254. The molecule has 2 aliphatic rings. The first-order valence-electron chi connectivity index (χ1n) is 4.42. The zero-order valence-corrected chi connectivity index (χ0v) is 7.25. The van der Waals surface area contributed by atoms with Gasteiger partial charge in [-0.25, -0.2) is 9.69 Å². The van der Waals surface area contributed by atoms with Crippen LogP contribution in [0.15, 0.2) is 0 Å². The topological polar surface area (TPSA) is 69.6 Å². The van der Waals surface area contributed by atoms with Gasteiger partial charge in [-0.2, -0.15) is 0 Å². The van der Waals surface area contributed by atoms with Crippen molar-refractivity contribution in [2.75, 3.05) is 13.1 Å². The summed E-state index contributed by atoms with van der Waals surface area (Å²) in [5.74, 6) is -0.254. The molecule has 0 bridgehead atoms. The highest BCUT2D eigenvalue weighted by molar-refractivity contribution is 5.94. The van der Waals surface area contributed by atoms with Crippen LogP contribution in [-0.4, -0.2) is 40.6 Å². The first-order chi connectivity index (χ1) is 6.16. The van der Waals surface area contributed by atoms with E-state index in [1.165, 1.54) is 0 Å². The van der Waals surface area contributed by atoms with Gasteiger partial charge in [0.25, 0.3) is 0 Å². The highest BCUT2D eigenvalue weighted by Crippen LogP contribution is 2.35. The fourth-order valence-electron chi connectivity index (χ4n) is 2.27. The number of nitrogens with one attached hydrogen (secondary N) is 1. The van der Waals surface area contributed by atoms with E-state index in [4.69, 9.17) is 5.11 Å². The van der Waals surface area contributed by atoms with Gasteiger partial charge < -0.3 is 10.4 Å². The lowest BCUT2D eigenvalue weighted by atomic mass is 9.96. The summed E-state index contributed by atoms with van der Waals surface area (Å²) in [6.07, 6.45) is 0.690. The molecule has 2 heterocycles. The Morgan fingerprint density at radius 3 is 2.85 bits per heavy atom. The maximum Gasteiger partial charge on any atom is 0.414 e. The molecule has 13 heavy (non-hydrogen) atoms. The van der Waals surface area contributed by atoms with E-state index in [1.807, 2.05) is 0 Å². The van der Waals surface area contributed by atoms with Crippen LogP contribution in [0.1, 0.15) is 19.3 Å². The minimum atomic E-state index is -1.11. The molecule has 0 aromatic heterocycles. The van der Waals surface area contributed by atoms with Crippen LogP contribution in [0.3, 0.4) is 0 Å². The summed E-state index contributed by atoms with van der Waals surface area (Å²) in [6, 6.07) is 0. The monoisotopic (exact) mass is 184 g/mol. The van der Waals surface area contributed by atoms with Crippen molar-refractivity contribution in [3.05, 3.63) is 0 Å². The Hall–Kier alpha value is -1.10. The highest BCUT2D eigenvalue weighted by atomic mass is 16.4. The quantitative estimate of drug-likeness (QED) is 0.556. The third kappa shape index (κ3) is 1.11. The summed E-state index contributed by atoms with van der Waals surface area (Å²) in [5, 5.41) is 12.0. The molecule has 2 saturated heterocycles. The number of amides is 2. The molecule has 0 radical (unpaired) electrons. The minimum Gasteiger partial charge on any atom is -0.465 e. The molecule has 1 unspecified atom stereocenters. The molecule has 2 N–H and O–H groups in total. The van der Waals surface area contributed by atoms with Crippen LogP contribution in [0.25, 0.3) is 0 Å². The van der Waals surface area contributed by atoms with E-state index in [1.54, 1.807) is 0 Å². The first kappa shape index (κ1) is 8.50. The number of rotatable bonds is 0. The number of hydrogen-bond acceptors (Lipinski definition) is 3. The SMILES string of the molecule is O=C(O)N1C(=O)CCC12CCNC2. The number of carboxylic acid groups (broad SMARTS) is 1. The molecule has 5 nitrogen and oxygen atoms in total. The maximum atomic E-state index is 11.3. The van der Waals surface area contributed by atoms with Crippen molar-refractivity contribution in [2.24, 2.45) is 0 Å². The molecule has 1 atom stereocenters. The Morgan fingerprint density at radius 2 is 2.31 bits per heavy atom. The molecule has 1 spiro atoms. The van der Waals surface area contributed by atoms with Gasteiger partial charge in [0.2, 0.25) is 5.91 Å². The highest BCUT2D eigenvalue weighted by Gasteiger charge is 2.50. The van der Waals surface area contributed by atoms with Crippen LogP contribution in [0.4, 0.5) is 4.79 Å². The molecule has 72 valence electrons. The zero-order chi connectivity index (χ0) is 9.47. The fraction of sp³-hybridized carbons (Fsp3) is 0.750. The standard InChI is InChI=1S/C8H12N2O3/c11-6-1-2-8(3-4-9-5-8)10(6)7(12)13/h9H,1-5H2,(H,12,13). The van der Waals surface area contributed by atoms with Gasteiger partial charge in [0.1, 0.15) is 0 Å². The lowest BCUT2D eigenvalue weighted by Gasteiger charge is -2.29. The van der Waals surface area contributed by atoms with E-state index in [2.05, 4.69) is 5.32 Å². The molecule has 0 aliphatic carbocycles. The molecule has 2 rings (SSSR count). The summed E-state index contributed by atoms with van der Waals surface area (Å²) in [4.78, 5) is 23.2. The van der Waals surface area contributed by atoms with Crippen LogP contribution in [0.2, 0.25) is 0 Å². The van der Waals surface area contributed by atoms with Crippen molar-refractivity contribution < 1.29 is 14.7 Å². The fourth-order valence-corrected chi connectivity index (χ4v) is 2.27. The Labute approximate surface area is 75.7 Å². The summed E-state index contributed by atoms with van der Waals surface area (Å²) < 4.78 is 0. The third-order valence-corrected chi connectivity index (χ3v) is 2.94. The van der Waals surface area contributed by atoms with E-state index in [0.29, 0.717) is 19.4 Å². The number of likely N-dealkylation sites (tertiary alicyclic amines) is 1. The molecule has 0 saturated carbocycles. The average Bonchev–Trinajstić information content (AvgIpc) is 2.61. The lowest BCUT2D eigenvalue weighted by molar-refractivity contribution is -0.128. The van der Waals surface area contributed by atoms with Crippen molar-refractivity contribution in [1.82, 2.24) is 10.2 Å². The van der Waals surface area contributed by atoms with Gasteiger partial charge in [0.05, 0.1) is 5.54 Å². The number of carbonyl (C=O) groups is 2. The Kier molecular flexibility index (Phi) is 1.76.